The first-order valence-electron chi connectivity index (χ1n) is 15.1. The molecule has 0 fully saturated rings. The number of thiophene rings is 1. The first-order valence-corrected chi connectivity index (χ1v) is 17.1. The predicted molar refractivity (Wildman–Crippen MR) is 185 cm³/mol. The Hall–Kier alpha value is -4.49. The Bertz CT molecular complexity index is 2280. The normalized spacial score (nSPS) is 16.1. The average molecular weight is 664 g/mol. The van der Waals surface area contributed by atoms with E-state index in [1.165, 1.54) is 21.8 Å². The van der Waals surface area contributed by atoms with E-state index < -0.39 is 6.04 Å². The van der Waals surface area contributed by atoms with E-state index in [1.54, 1.807) is 35.0 Å². The number of amides is 1. The van der Waals surface area contributed by atoms with E-state index in [0.29, 0.717) is 31.3 Å². The highest BCUT2D eigenvalue weighted by molar-refractivity contribution is 7.15. The summed E-state index contributed by atoms with van der Waals surface area (Å²) in [6, 6.07) is 20.3. The van der Waals surface area contributed by atoms with Crippen molar-refractivity contribution in [3.63, 3.8) is 0 Å². The Labute approximate surface area is 279 Å². The summed E-state index contributed by atoms with van der Waals surface area (Å²) in [6.07, 6.45) is 6.13. The number of aryl methyl sites for hydroxylation is 2. The molecule has 0 radical (unpaired) electrons. The number of rotatable bonds is 5. The van der Waals surface area contributed by atoms with Gasteiger partial charge in [0.25, 0.3) is 11.5 Å². The standard InChI is InChI=1S/C36H30ClN5O2S2/c1-20-17-24(22(3)41(20)35-28(19-38)27-11-7-8-12-29(27)45-35)18-30-34(44)42-32(23-13-15-25(37)16-14-23)31(21(2)39-36(42)46-30)33(43)40-26-9-5-4-6-10-26/h4-6,9-10,13-18,32H,7-8,11-12H2,1-3H3,(H,40,43)/b30-18+/t32-/m0/s1. The fourth-order valence-electron chi connectivity index (χ4n) is 6.50. The van der Waals surface area contributed by atoms with Gasteiger partial charge >= 0.3 is 0 Å². The maximum absolute atomic E-state index is 14.3. The number of nitrogens with one attached hydrogen (secondary N) is 1. The molecule has 0 saturated heterocycles. The van der Waals surface area contributed by atoms with Gasteiger partial charge in [-0.1, -0.05) is 53.3 Å². The van der Waals surface area contributed by atoms with Crippen LogP contribution in [0.2, 0.25) is 5.02 Å². The molecule has 46 heavy (non-hydrogen) atoms. The van der Waals surface area contributed by atoms with Gasteiger partial charge in [-0.15, -0.1) is 11.3 Å². The van der Waals surface area contributed by atoms with E-state index in [4.69, 9.17) is 16.6 Å². The van der Waals surface area contributed by atoms with Crippen molar-refractivity contribution in [1.82, 2.24) is 9.13 Å². The Morgan fingerprint density at radius 2 is 1.80 bits per heavy atom. The molecule has 5 aromatic rings. The molecule has 1 amide bonds. The van der Waals surface area contributed by atoms with Gasteiger partial charge in [-0.2, -0.15) is 5.26 Å². The van der Waals surface area contributed by atoms with E-state index in [1.807, 2.05) is 62.4 Å². The SMILES string of the molecule is CC1=C(C(=O)Nc2ccccc2)[C@H](c2ccc(Cl)cc2)n2c(s/c(=C/c3cc(C)n(-c4sc5c(c4C#N)CCCC5)c3C)c2=O)=N1. The number of carbonyl (C=O) groups is 1. The van der Waals surface area contributed by atoms with Crippen molar-refractivity contribution in [2.24, 2.45) is 4.99 Å². The number of allylic oxidation sites excluding steroid dienone is 1. The third-order valence-corrected chi connectivity index (χ3v) is 11.2. The number of thiazole rings is 1. The van der Waals surface area contributed by atoms with Crippen LogP contribution in [0.15, 0.2) is 81.7 Å². The maximum Gasteiger partial charge on any atom is 0.271 e. The molecule has 1 aliphatic heterocycles. The van der Waals surface area contributed by atoms with Gasteiger partial charge in [-0.05, 0) is 99.6 Å². The molecular formula is C36H30ClN5O2S2. The zero-order valence-corrected chi connectivity index (χ0v) is 27.9. The molecular weight excluding hydrogens is 634 g/mol. The third kappa shape index (κ3) is 5.17. The van der Waals surface area contributed by atoms with Crippen LogP contribution in [0.5, 0.6) is 0 Å². The van der Waals surface area contributed by atoms with Gasteiger partial charge in [0, 0.05) is 27.0 Å². The molecule has 0 bridgehead atoms. The van der Waals surface area contributed by atoms with Crippen molar-refractivity contribution in [3.05, 3.63) is 135 Å². The maximum atomic E-state index is 14.3. The first kappa shape index (κ1) is 30.2. The van der Waals surface area contributed by atoms with Gasteiger partial charge in [0.05, 0.1) is 27.4 Å². The molecule has 10 heteroatoms. The largest absolute Gasteiger partial charge is 0.322 e. The average Bonchev–Trinajstić information content (AvgIpc) is 3.66. The number of hydrogen-bond acceptors (Lipinski definition) is 6. The third-order valence-electron chi connectivity index (χ3n) is 8.71. The molecule has 1 N–H and O–H groups in total. The summed E-state index contributed by atoms with van der Waals surface area (Å²) >= 11 is 9.25. The van der Waals surface area contributed by atoms with E-state index in [0.717, 1.165) is 58.8 Å². The van der Waals surface area contributed by atoms with Crippen LogP contribution in [0, 0.1) is 25.2 Å². The Morgan fingerprint density at radius 3 is 2.54 bits per heavy atom. The monoisotopic (exact) mass is 663 g/mol. The number of benzene rings is 2. The van der Waals surface area contributed by atoms with Gasteiger partial charge in [-0.3, -0.25) is 14.2 Å². The van der Waals surface area contributed by atoms with Crippen LogP contribution < -0.4 is 20.2 Å². The van der Waals surface area contributed by atoms with Crippen molar-refractivity contribution in [2.45, 2.75) is 52.5 Å². The number of para-hydroxylation sites is 1. The number of nitrogens with zero attached hydrogens (tertiary/aromatic N) is 4. The lowest BCUT2D eigenvalue weighted by Crippen LogP contribution is -2.40. The molecule has 4 heterocycles. The molecule has 2 aromatic carbocycles. The molecule has 0 saturated carbocycles. The summed E-state index contributed by atoms with van der Waals surface area (Å²) in [5.41, 5.74) is 6.96. The Kier molecular flexibility index (Phi) is 7.89. The smallest absolute Gasteiger partial charge is 0.271 e. The summed E-state index contributed by atoms with van der Waals surface area (Å²) in [7, 11) is 0. The van der Waals surface area contributed by atoms with E-state index in [9.17, 15) is 14.9 Å². The van der Waals surface area contributed by atoms with Crippen molar-refractivity contribution in [3.8, 4) is 11.1 Å². The van der Waals surface area contributed by atoms with Crippen molar-refractivity contribution >= 4 is 51.9 Å². The van der Waals surface area contributed by atoms with Crippen LogP contribution >= 0.6 is 34.3 Å². The van der Waals surface area contributed by atoms with Crippen LogP contribution in [-0.4, -0.2) is 15.0 Å². The summed E-state index contributed by atoms with van der Waals surface area (Å²) in [5, 5.41) is 14.6. The molecule has 230 valence electrons. The summed E-state index contributed by atoms with van der Waals surface area (Å²) in [5.74, 6) is -0.322. The zero-order chi connectivity index (χ0) is 32.1. The minimum absolute atomic E-state index is 0.227. The minimum Gasteiger partial charge on any atom is -0.322 e. The van der Waals surface area contributed by atoms with Crippen molar-refractivity contribution < 1.29 is 4.79 Å². The van der Waals surface area contributed by atoms with Gasteiger partial charge < -0.3 is 9.88 Å². The molecule has 2 aliphatic rings. The molecule has 0 spiro atoms. The summed E-state index contributed by atoms with van der Waals surface area (Å²) in [6.45, 7) is 5.87. The number of halogens is 1. The minimum atomic E-state index is -0.692. The lowest BCUT2D eigenvalue weighted by molar-refractivity contribution is -0.113. The van der Waals surface area contributed by atoms with Gasteiger partial charge in [-0.25, -0.2) is 4.99 Å². The lowest BCUT2D eigenvalue weighted by Gasteiger charge is -2.25. The number of fused-ring (bicyclic) bond motifs is 2. The number of aromatic nitrogens is 2. The van der Waals surface area contributed by atoms with Gasteiger partial charge in [0.2, 0.25) is 0 Å². The fraction of sp³-hybridized carbons (Fsp3) is 0.222. The lowest BCUT2D eigenvalue weighted by atomic mass is 9.95. The molecule has 1 aliphatic carbocycles. The second-order valence-electron chi connectivity index (χ2n) is 11.6. The second-order valence-corrected chi connectivity index (χ2v) is 14.1. The van der Waals surface area contributed by atoms with Crippen molar-refractivity contribution in [2.75, 3.05) is 5.32 Å². The topological polar surface area (TPSA) is 92.2 Å². The summed E-state index contributed by atoms with van der Waals surface area (Å²) in [4.78, 5) is 34.7. The Morgan fingerprint density at radius 1 is 1.07 bits per heavy atom. The molecule has 7 nitrogen and oxygen atoms in total. The number of carbonyl (C=O) groups excluding carboxylic acids is 1. The van der Waals surface area contributed by atoms with Crippen LogP contribution in [0.3, 0.4) is 0 Å². The van der Waals surface area contributed by atoms with Gasteiger partial charge in [0.15, 0.2) is 4.80 Å². The highest BCUT2D eigenvalue weighted by Gasteiger charge is 2.33. The molecule has 3 aromatic heterocycles. The first-order chi connectivity index (χ1) is 22.2. The van der Waals surface area contributed by atoms with E-state index in [2.05, 4.69) is 22.0 Å². The highest BCUT2D eigenvalue weighted by Crippen LogP contribution is 2.38. The molecule has 0 unspecified atom stereocenters. The number of nitriles is 1. The van der Waals surface area contributed by atoms with Crippen LogP contribution in [0.4, 0.5) is 5.69 Å². The fourth-order valence-corrected chi connectivity index (χ4v) is 9.12. The highest BCUT2D eigenvalue weighted by atomic mass is 35.5. The van der Waals surface area contributed by atoms with E-state index >= 15 is 0 Å². The van der Waals surface area contributed by atoms with E-state index in [-0.39, 0.29) is 11.5 Å². The van der Waals surface area contributed by atoms with Crippen LogP contribution in [0.1, 0.15) is 64.3 Å². The second kappa shape index (κ2) is 12.0. The predicted octanol–water partition coefficient (Wildman–Crippen LogP) is 6.75. The molecule has 7 rings (SSSR count). The summed E-state index contributed by atoms with van der Waals surface area (Å²) < 4.78 is 4.28. The quantitative estimate of drug-likeness (QED) is 0.226. The molecule has 1 atom stereocenters. The Balaban J connectivity index is 1.35. The number of hydrogen-bond donors (Lipinski definition) is 1. The van der Waals surface area contributed by atoms with Gasteiger partial charge in [0.1, 0.15) is 11.1 Å². The van der Waals surface area contributed by atoms with Crippen LogP contribution in [0.25, 0.3) is 11.1 Å². The zero-order valence-electron chi connectivity index (χ0n) is 25.6. The van der Waals surface area contributed by atoms with Crippen LogP contribution in [-0.2, 0) is 17.6 Å². The number of anilines is 1. The van der Waals surface area contributed by atoms with Crippen molar-refractivity contribution in [1.29, 1.82) is 5.26 Å².